The molecule has 0 atom stereocenters. The van der Waals surface area contributed by atoms with Crippen molar-refractivity contribution in [3.8, 4) is 6.19 Å². The van der Waals surface area contributed by atoms with E-state index in [4.69, 9.17) is 5.26 Å². The predicted molar refractivity (Wildman–Crippen MR) is 67.4 cm³/mol. The van der Waals surface area contributed by atoms with Crippen LogP contribution in [0.25, 0.3) is 0 Å². The summed E-state index contributed by atoms with van der Waals surface area (Å²) < 4.78 is 51.7. The lowest BCUT2D eigenvalue weighted by molar-refractivity contribution is -0.387. The molecule has 0 bridgehead atoms. The molecule has 1 rings (SSSR count). The first-order valence-corrected chi connectivity index (χ1v) is 6.26. The monoisotopic (exact) mass is 322 g/mol. The largest absolute Gasteiger partial charge is 0.416 e. The van der Waals surface area contributed by atoms with Crippen LogP contribution in [0.5, 0.6) is 0 Å². The van der Waals surface area contributed by atoms with Gasteiger partial charge in [0, 0.05) is 6.07 Å². The van der Waals surface area contributed by atoms with Crippen molar-refractivity contribution >= 4 is 28.3 Å². The van der Waals surface area contributed by atoms with Gasteiger partial charge in [-0.15, -0.1) is 0 Å². The molecule has 0 saturated heterocycles. The van der Waals surface area contributed by atoms with E-state index in [1.807, 2.05) is 5.32 Å². The van der Waals surface area contributed by atoms with E-state index in [0.29, 0.717) is 6.07 Å². The fourth-order valence-electron chi connectivity index (χ4n) is 1.25. The van der Waals surface area contributed by atoms with Gasteiger partial charge in [0.25, 0.3) is 0 Å². The number of amidine groups is 1. The summed E-state index contributed by atoms with van der Waals surface area (Å²) in [6.07, 6.45) is -2.00. The van der Waals surface area contributed by atoms with Crippen molar-refractivity contribution in [3.05, 3.63) is 33.6 Å². The van der Waals surface area contributed by atoms with Crippen LogP contribution in [0.4, 0.5) is 28.9 Å². The summed E-state index contributed by atoms with van der Waals surface area (Å²) in [6.45, 7) is 0. The fraction of sp³-hybridized carbons (Fsp3) is 0.200. The predicted octanol–water partition coefficient (Wildman–Crippen LogP) is 3.17. The highest BCUT2D eigenvalue weighted by Gasteiger charge is 2.35. The van der Waals surface area contributed by atoms with Gasteiger partial charge in [0.05, 0.1) is 10.5 Å². The van der Waals surface area contributed by atoms with Gasteiger partial charge in [0.1, 0.15) is 5.69 Å². The van der Waals surface area contributed by atoms with Crippen LogP contribution in [0.3, 0.4) is 0 Å². The number of hydrogen-bond donors (Lipinski definition) is 1. The number of nitrogens with zero attached hydrogens (tertiary/aromatic N) is 3. The Morgan fingerprint density at radius 3 is 2.57 bits per heavy atom. The number of halogens is 4. The Bertz CT molecular complexity index is 639. The SMILES string of the molecule is CSC(=Nc1cc(C(F)(F)F)cc([N+](=O)[O-])c1F)NC#N. The highest BCUT2D eigenvalue weighted by atomic mass is 32.2. The van der Waals surface area contributed by atoms with Gasteiger partial charge in [0.15, 0.2) is 11.4 Å². The lowest BCUT2D eigenvalue weighted by Crippen LogP contribution is -2.13. The highest BCUT2D eigenvalue weighted by molar-refractivity contribution is 8.13. The van der Waals surface area contributed by atoms with Crippen molar-refractivity contribution in [3.63, 3.8) is 0 Å². The van der Waals surface area contributed by atoms with E-state index in [1.165, 1.54) is 12.4 Å². The Kier molecular flexibility index (Phi) is 5.09. The van der Waals surface area contributed by atoms with E-state index < -0.39 is 33.9 Å². The molecule has 0 aliphatic heterocycles. The van der Waals surface area contributed by atoms with E-state index >= 15 is 0 Å². The maximum Gasteiger partial charge on any atom is 0.416 e. The van der Waals surface area contributed by atoms with Crippen LogP contribution in [-0.4, -0.2) is 16.3 Å². The molecule has 0 heterocycles. The average molecular weight is 322 g/mol. The summed E-state index contributed by atoms with van der Waals surface area (Å²) in [5.41, 5.74) is -3.64. The van der Waals surface area contributed by atoms with Crippen LogP contribution in [0.1, 0.15) is 5.56 Å². The molecule has 1 N–H and O–H groups in total. The van der Waals surface area contributed by atoms with Crippen LogP contribution in [0.15, 0.2) is 17.1 Å². The van der Waals surface area contributed by atoms with E-state index in [9.17, 15) is 27.7 Å². The smallest absolute Gasteiger partial charge is 0.271 e. The molecule has 0 fully saturated rings. The Morgan fingerprint density at radius 1 is 1.52 bits per heavy atom. The van der Waals surface area contributed by atoms with Gasteiger partial charge in [0.2, 0.25) is 5.82 Å². The Balaban J connectivity index is 3.54. The lowest BCUT2D eigenvalue weighted by Gasteiger charge is -2.09. The number of alkyl halides is 3. The van der Waals surface area contributed by atoms with Crippen molar-refractivity contribution in [2.75, 3.05) is 6.26 Å². The molecule has 0 radical (unpaired) electrons. The summed E-state index contributed by atoms with van der Waals surface area (Å²) in [6, 6.07) is 0.419. The maximum atomic E-state index is 13.8. The summed E-state index contributed by atoms with van der Waals surface area (Å²) in [7, 11) is 0. The van der Waals surface area contributed by atoms with Crippen molar-refractivity contribution in [2.24, 2.45) is 4.99 Å². The van der Waals surface area contributed by atoms with E-state index in [2.05, 4.69) is 4.99 Å². The summed E-state index contributed by atoms with van der Waals surface area (Å²) in [4.78, 5) is 12.8. The standard InChI is InChI=1S/C10H6F4N4O2S/c1-21-9(16-4-15)17-6-2-5(10(12,13)14)3-7(8(6)11)18(19)20/h2-3H,1H3,(H,16,17). The Hall–Kier alpha value is -2.35. The number of nitrogens with one attached hydrogen (secondary N) is 1. The first kappa shape index (κ1) is 16.7. The number of hydrogen-bond acceptors (Lipinski definition) is 5. The van der Waals surface area contributed by atoms with Gasteiger partial charge in [-0.05, 0) is 12.3 Å². The maximum absolute atomic E-state index is 13.8. The first-order chi connectivity index (χ1) is 9.70. The minimum absolute atomic E-state index is 0.0881. The lowest BCUT2D eigenvalue weighted by atomic mass is 10.1. The van der Waals surface area contributed by atoms with Gasteiger partial charge >= 0.3 is 11.9 Å². The minimum atomic E-state index is -4.90. The van der Waals surface area contributed by atoms with Crippen LogP contribution >= 0.6 is 11.8 Å². The number of nitriles is 1. The average Bonchev–Trinajstić information content (AvgIpc) is 2.38. The quantitative estimate of drug-likeness (QED) is 0.172. The molecule has 0 saturated carbocycles. The number of benzene rings is 1. The van der Waals surface area contributed by atoms with Crippen LogP contribution in [0.2, 0.25) is 0 Å². The molecule has 1 aromatic rings. The number of nitro groups is 1. The van der Waals surface area contributed by atoms with Crippen molar-refractivity contribution < 1.29 is 22.5 Å². The fourth-order valence-corrected chi connectivity index (χ4v) is 1.59. The Morgan fingerprint density at radius 2 is 2.14 bits per heavy atom. The molecular weight excluding hydrogens is 316 g/mol. The van der Waals surface area contributed by atoms with Gasteiger partial charge in [-0.2, -0.15) is 22.8 Å². The zero-order valence-corrected chi connectivity index (χ0v) is 11.0. The van der Waals surface area contributed by atoms with E-state index in [-0.39, 0.29) is 11.2 Å². The number of rotatable bonds is 2. The second-order valence-corrected chi connectivity index (χ2v) is 4.24. The second kappa shape index (κ2) is 6.40. The Labute approximate surface area is 119 Å². The van der Waals surface area contributed by atoms with Gasteiger partial charge < -0.3 is 0 Å². The normalized spacial score (nSPS) is 11.9. The molecule has 21 heavy (non-hydrogen) atoms. The molecule has 0 amide bonds. The molecule has 0 aliphatic carbocycles. The number of aliphatic imine (C=N–C) groups is 1. The van der Waals surface area contributed by atoms with Crippen molar-refractivity contribution in [1.82, 2.24) is 5.32 Å². The van der Waals surface area contributed by atoms with Gasteiger partial charge in [-0.25, -0.2) is 4.99 Å². The summed E-state index contributed by atoms with van der Waals surface area (Å²) in [5, 5.41) is 20.8. The van der Waals surface area contributed by atoms with Crippen molar-refractivity contribution in [1.29, 1.82) is 5.26 Å². The zero-order valence-electron chi connectivity index (χ0n) is 10.2. The zero-order chi connectivity index (χ0) is 16.2. The molecule has 0 spiro atoms. The summed E-state index contributed by atoms with van der Waals surface area (Å²) in [5.74, 6) is -1.51. The van der Waals surface area contributed by atoms with Gasteiger partial charge in [-0.3, -0.25) is 15.4 Å². The third kappa shape index (κ3) is 4.06. The molecule has 0 unspecified atom stereocenters. The van der Waals surface area contributed by atoms with E-state index in [0.717, 1.165) is 11.8 Å². The molecule has 1 aromatic carbocycles. The molecule has 112 valence electrons. The molecule has 6 nitrogen and oxygen atoms in total. The molecule has 0 aliphatic rings. The van der Waals surface area contributed by atoms with Crippen LogP contribution in [-0.2, 0) is 6.18 Å². The van der Waals surface area contributed by atoms with E-state index in [1.54, 1.807) is 0 Å². The van der Waals surface area contributed by atoms with Crippen molar-refractivity contribution in [2.45, 2.75) is 6.18 Å². The molecule has 11 heteroatoms. The van der Waals surface area contributed by atoms with Crippen LogP contribution in [0, 0.1) is 27.4 Å². The third-order valence-corrected chi connectivity index (χ3v) is 2.72. The van der Waals surface area contributed by atoms with Gasteiger partial charge in [-0.1, -0.05) is 11.8 Å². The number of nitro benzene ring substituents is 1. The van der Waals surface area contributed by atoms with Crippen LogP contribution < -0.4 is 5.32 Å². The second-order valence-electron chi connectivity index (χ2n) is 3.44. The summed E-state index contributed by atoms with van der Waals surface area (Å²) >= 11 is 0.824. The molecule has 0 aromatic heterocycles. The first-order valence-electron chi connectivity index (χ1n) is 5.03. The minimum Gasteiger partial charge on any atom is -0.271 e. The highest BCUT2D eigenvalue weighted by Crippen LogP contribution is 2.37. The third-order valence-electron chi connectivity index (χ3n) is 2.14. The molecular formula is C10H6F4N4O2S. The number of thioether (sulfide) groups is 1. The topological polar surface area (TPSA) is 91.3 Å².